The van der Waals surface area contributed by atoms with E-state index in [2.05, 4.69) is 53.5 Å². The van der Waals surface area contributed by atoms with Crippen LogP contribution in [0.3, 0.4) is 0 Å². The minimum Gasteiger partial charge on any atom is -0.454 e. The molecule has 1 saturated heterocycles. The van der Waals surface area contributed by atoms with E-state index in [4.69, 9.17) is 4.74 Å². The fourth-order valence-corrected chi connectivity index (χ4v) is 5.75. The van der Waals surface area contributed by atoms with Crippen molar-refractivity contribution < 1.29 is 9.53 Å². The number of hydrogen-bond donors (Lipinski definition) is 0. The molecule has 23 heavy (non-hydrogen) atoms. The zero-order valence-corrected chi connectivity index (χ0v) is 15.8. The highest BCUT2D eigenvalue weighted by molar-refractivity contribution is 9.11. The molecule has 2 aliphatic carbocycles. The predicted molar refractivity (Wildman–Crippen MR) is 97.1 cm³/mol. The molecule has 5 atom stereocenters. The van der Waals surface area contributed by atoms with E-state index in [0.717, 1.165) is 5.92 Å². The van der Waals surface area contributed by atoms with Crippen molar-refractivity contribution in [2.45, 2.75) is 58.5 Å². The first-order chi connectivity index (χ1) is 11.0. The van der Waals surface area contributed by atoms with Crippen molar-refractivity contribution in [3.8, 4) is 0 Å². The van der Waals surface area contributed by atoms with Crippen molar-refractivity contribution in [3.63, 3.8) is 0 Å². The first-order valence-corrected chi connectivity index (χ1v) is 9.73. The Kier molecular flexibility index (Phi) is 4.87. The maximum Gasteiger partial charge on any atom is 0.334 e. The van der Waals surface area contributed by atoms with Crippen LogP contribution in [0.1, 0.15) is 52.4 Å². The van der Waals surface area contributed by atoms with Crippen LogP contribution in [0.2, 0.25) is 0 Å². The molecule has 2 saturated carbocycles. The predicted octanol–water partition coefficient (Wildman–Crippen LogP) is 5.55. The highest BCUT2D eigenvalue weighted by Crippen LogP contribution is 2.59. The molecule has 1 heterocycles. The normalized spacial score (nSPS) is 40.7. The minimum absolute atomic E-state index is 0.105. The van der Waals surface area contributed by atoms with Crippen LogP contribution in [0.4, 0.5) is 0 Å². The smallest absolute Gasteiger partial charge is 0.334 e. The van der Waals surface area contributed by atoms with Gasteiger partial charge in [-0.2, -0.15) is 0 Å². The van der Waals surface area contributed by atoms with Crippen LogP contribution in [-0.4, -0.2) is 12.1 Å². The van der Waals surface area contributed by atoms with Gasteiger partial charge in [0.25, 0.3) is 0 Å². The van der Waals surface area contributed by atoms with Gasteiger partial charge in [0.2, 0.25) is 0 Å². The lowest BCUT2D eigenvalue weighted by molar-refractivity contribution is -0.137. The van der Waals surface area contributed by atoms with Crippen molar-refractivity contribution in [3.05, 3.63) is 34.9 Å². The van der Waals surface area contributed by atoms with E-state index in [1.807, 2.05) is 0 Å². The minimum atomic E-state index is -0.237. The third-order valence-electron chi connectivity index (χ3n) is 6.44. The summed E-state index contributed by atoms with van der Waals surface area (Å²) in [6.45, 7) is 8.57. The highest BCUT2D eigenvalue weighted by atomic mass is 79.9. The maximum atomic E-state index is 11.4. The Balaban J connectivity index is 1.69. The Labute approximate surface area is 148 Å². The second kappa shape index (κ2) is 6.58. The van der Waals surface area contributed by atoms with Gasteiger partial charge < -0.3 is 4.74 Å². The lowest BCUT2D eigenvalue weighted by atomic mass is 9.61. The summed E-state index contributed by atoms with van der Waals surface area (Å²) in [6, 6.07) is 0. The van der Waals surface area contributed by atoms with E-state index in [1.54, 1.807) is 5.57 Å². The van der Waals surface area contributed by atoms with Crippen molar-refractivity contribution in [2.24, 2.45) is 23.2 Å². The average Bonchev–Trinajstić information content (AvgIpc) is 3.04. The number of carbonyl (C=O) groups is 1. The van der Waals surface area contributed by atoms with Gasteiger partial charge in [-0.15, -0.1) is 0 Å². The zero-order chi connectivity index (χ0) is 16.6. The van der Waals surface area contributed by atoms with Crippen molar-refractivity contribution in [2.75, 3.05) is 0 Å². The number of fused-ring (bicyclic) bond motifs is 1. The molecule has 0 aromatic heterocycles. The number of rotatable bonds is 3. The van der Waals surface area contributed by atoms with Crippen molar-refractivity contribution >= 4 is 21.9 Å². The SMILES string of the molecule is C=C1CC(C=C[C@@H](C)[C@H]2CC[C@H]3C(=CBr)CCC[C@]23C)OC1=O. The van der Waals surface area contributed by atoms with E-state index >= 15 is 0 Å². The van der Waals surface area contributed by atoms with Crippen molar-refractivity contribution in [1.29, 1.82) is 0 Å². The van der Waals surface area contributed by atoms with Crippen LogP contribution < -0.4 is 0 Å². The standard InChI is InChI=1S/C20H27BrO2/c1-13(6-7-16-11-14(2)19(22)23-16)17-8-9-18-15(12-21)5-4-10-20(17,18)3/h6-7,12-13,16-18H,2,4-5,8-11H2,1,3H3/t13-,16?,17-,18+,20-/m1/s1. The lowest BCUT2D eigenvalue weighted by Gasteiger charge is -2.43. The monoisotopic (exact) mass is 378 g/mol. The summed E-state index contributed by atoms with van der Waals surface area (Å²) >= 11 is 3.58. The molecule has 1 aliphatic heterocycles. The lowest BCUT2D eigenvalue weighted by Crippen LogP contribution is -2.35. The Morgan fingerprint density at radius 1 is 1.43 bits per heavy atom. The zero-order valence-electron chi connectivity index (χ0n) is 14.2. The van der Waals surface area contributed by atoms with Crippen LogP contribution in [0.25, 0.3) is 0 Å². The molecule has 0 amide bonds. The summed E-state index contributed by atoms with van der Waals surface area (Å²) in [5, 5.41) is 0. The summed E-state index contributed by atoms with van der Waals surface area (Å²) in [5.41, 5.74) is 2.62. The van der Waals surface area contributed by atoms with Gasteiger partial charge in [-0.05, 0) is 66.3 Å². The molecule has 3 fully saturated rings. The molecule has 0 bridgehead atoms. The fraction of sp³-hybridized carbons (Fsp3) is 0.650. The van der Waals surface area contributed by atoms with Gasteiger partial charge in [-0.25, -0.2) is 4.79 Å². The highest BCUT2D eigenvalue weighted by Gasteiger charge is 2.50. The number of cyclic esters (lactones) is 1. The van der Waals surface area contributed by atoms with E-state index in [-0.39, 0.29) is 12.1 Å². The number of ether oxygens (including phenoxy) is 1. The third kappa shape index (κ3) is 3.09. The summed E-state index contributed by atoms with van der Waals surface area (Å²) in [5.74, 6) is 1.74. The van der Waals surface area contributed by atoms with E-state index in [0.29, 0.717) is 29.2 Å². The van der Waals surface area contributed by atoms with Gasteiger partial charge in [0.15, 0.2) is 0 Å². The number of esters is 1. The topological polar surface area (TPSA) is 26.3 Å². The van der Waals surface area contributed by atoms with Crippen LogP contribution in [0, 0.1) is 23.2 Å². The molecule has 3 rings (SSSR count). The first kappa shape index (κ1) is 17.0. The largest absolute Gasteiger partial charge is 0.454 e. The molecule has 3 heteroatoms. The first-order valence-electron chi connectivity index (χ1n) is 8.82. The Morgan fingerprint density at radius 2 is 2.22 bits per heavy atom. The van der Waals surface area contributed by atoms with Gasteiger partial charge in [0, 0.05) is 12.0 Å². The van der Waals surface area contributed by atoms with Gasteiger partial charge in [0.05, 0.1) is 0 Å². The fourth-order valence-electron chi connectivity index (χ4n) is 5.20. The van der Waals surface area contributed by atoms with Gasteiger partial charge in [0.1, 0.15) is 6.10 Å². The van der Waals surface area contributed by atoms with Crippen LogP contribution in [-0.2, 0) is 9.53 Å². The molecule has 2 nitrogen and oxygen atoms in total. The molecule has 0 aromatic carbocycles. The van der Waals surface area contributed by atoms with Gasteiger partial charge in [-0.3, -0.25) is 0 Å². The Morgan fingerprint density at radius 3 is 2.87 bits per heavy atom. The summed E-state index contributed by atoms with van der Waals surface area (Å²) < 4.78 is 5.31. The van der Waals surface area contributed by atoms with E-state index in [1.165, 1.54) is 32.1 Å². The second-order valence-corrected chi connectivity index (χ2v) is 8.23. The molecule has 1 unspecified atom stereocenters. The second-order valence-electron chi connectivity index (χ2n) is 7.78. The quantitative estimate of drug-likeness (QED) is 0.365. The molecule has 0 spiro atoms. The van der Waals surface area contributed by atoms with Crippen LogP contribution in [0.15, 0.2) is 34.9 Å². The van der Waals surface area contributed by atoms with Gasteiger partial charge in [-0.1, -0.05) is 48.0 Å². The number of hydrogen-bond acceptors (Lipinski definition) is 2. The Bertz CT molecular complexity index is 546. The van der Waals surface area contributed by atoms with Crippen molar-refractivity contribution in [1.82, 2.24) is 0 Å². The number of halogens is 1. The number of carbonyl (C=O) groups excluding carboxylic acids is 1. The van der Waals surface area contributed by atoms with E-state index < -0.39 is 0 Å². The third-order valence-corrected chi connectivity index (χ3v) is 7.02. The van der Waals surface area contributed by atoms with Crippen LogP contribution >= 0.6 is 15.9 Å². The van der Waals surface area contributed by atoms with Crippen LogP contribution in [0.5, 0.6) is 0 Å². The molecule has 3 aliphatic rings. The molecular formula is C20H27BrO2. The average molecular weight is 379 g/mol. The molecular weight excluding hydrogens is 352 g/mol. The summed E-state index contributed by atoms with van der Waals surface area (Å²) in [7, 11) is 0. The summed E-state index contributed by atoms with van der Waals surface area (Å²) in [6.07, 6.45) is 11.4. The number of allylic oxidation sites excluding steroid dienone is 2. The summed E-state index contributed by atoms with van der Waals surface area (Å²) in [4.78, 5) is 13.6. The molecule has 0 radical (unpaired) electrons. The molecule has 126 valence electrons. The maximum absolute atomic E-state index is 11.4. The Hall–Kier alpha value is -0.830. The van der Waals surface area contributed by atoms with Gasteiger partial charge >= 0.3 is 5.97 Å². The molecule has 0 N–H and O–H groups in total. The molecule has 0 aromatic rings. The van der Waals surface area contributed by atoms with E-state index in [9.17, 15) is 4.79 Å².